The molecule has 2 rings (SSSR count). The molecule has 0 atom stereocenters. The Hall–Kier alpha value is -2.14. The quantitative estimate of drug-likeness (QED) is 0.426. The number of nitrogen functional groups attached to an aromatic ring is 2. The first-order chi connectivity index (χ1) is 7.68. The Labute approximate surface area is 105 Å². The minimum absolute atomic E-state index is 0. The van der Waals surface area contributed by atoms with E-state index in [0.29, 0.717) is 17.1 Å². The van der Waals surface area contributed by atoms with E-state index in [2.05, 4.69) is 9.97 Å². The standard InChI is InChI=1S/C11H11N5.ClH/c12-8-3-1-7(2-4-8)9-10(11(13)14)16-6-5-15-9;/h1-6H,12H2,(H3,13,14);1H. The number of benzene rings is 1. The Bertz CT molecular complexity index is 524. The van der Waals surface area contributed by atoms with Gasteiger partial charge >= 0.3 is 0 Å². The van der Waals surface area contributed by atoms with Crippen LogP contribution in [0.15, 0.2) is 36.7 Å². The molecular formula is C11H12ClN5. The van der Waals surface area contributed by atoms with Gasteiger partial charge in [0, 0.05) is 23.6 Å². The molecule has 0 unspecified atom stereocenters. The molecule has 2 aromatic rings. The molecule has 0 fully saturated rings. The fraction of sp³-hybridized carbons (Fsp3) is 0. The SMILES string of the molecule is Cl.N=C(N)c1nccnc1-c1ccc(N)cc1. The summed E-state index contributed by atoms with van der Waals surface area (Å²) in [4.78, 5) is 8.21. The zero-order chi connectivity index (χ0) is 11.5. The lowest BCUT2D eigenvalue weighted by Gasteiger charge is -2.05. The van der Waals surface area contributed by atoms with Gasteiger partial charge in [-0.3, -0.25) is 10.4 Å². The first-order valence-corrected chi connectivity index (χ1v) is 4.70. The van der Waals surface area contributed by atoms with Crippen LogP contribution in [0.25, 0.3) is 11.3 Å². The maximum atomic E-state index is 7.42. The lowest BCUT2D eigenvalue weighted by atomic mass is 10.1. The van der Waals surface area contributed by atoms with Crippen molar-refractivity contribution in [3.63, 3.8) is 0 Å². The molecule has 1 aromatic heterocycles. The smallest absolute Gasteiger partial charge is 0.144 e. The second kappa shape index (κ2) is 5.27. The van der Waals surface area contributed by atoms with E-state index < -0.39 is 0 Å². The number of nitrogens with zero attached hydrogens (tertiary/aromatic N) is 2. The molecule has 0 bridgehead atoms. The van der Waals surface area contributed by atoms with E-state index in [9.17, 15) is 0 Å². The molecule has 1 aromatic carbocycles. The molecular weight excluding hydrogens is 238 g/mol. The fourth-order valence-corrected chi connectivity index (χ4v) is 1.39. The summed E-state index contributed by atoms with van der Waals surface area (Å²) in [5.41, 5.74) is 13.5. The van der Waals surface area contributed by atoms with Crippen molar-refractivity contribution in [2.45, 2.75) is 0 Å². The number of nitrogens with two attached hydrogens (primary N) is 2. The maximum Gasteiger partial charge on any atom is 0.144 e. The number of hydrogen-bond acceptors (Lipinski definition) is 4. The van der Waals surface area contributed by atoms with Crippen molar-refractivity contribution in [3.05, 3.63) is 42.4 Å². The summed E-state index contributed by atoms with van der Waals surface area (Å²) >= 11 is 0. The van der Waals surface area contributed by atoms with E-state index in [1.165, 1.54) is 6.20 Å². The summed E-state index contributed by atoms with van der Waals surface area (Å²) < 4.78 is 0. The normalized spacial score (nSPS) is 9.41. The van der Waals surface area contributed by atoms with Crippen molar-refractivity contribution in [1.29, 1.82) is 5.41 Å². The lowest BCUT2D eigenvalue weighted by molar-refractivity contribution is 1.17. The van der Waals surface area contributed by atoms with Crippen molar-refractivity contribution in [2.75, 3.05) is 5.73 Å². The van der Waals surface area contributed by atoms with Gasteiger partial charge in [-0.15, -0.1) is 12.4 Å². The van der Waals surface area contributed by atoms with E-state index in [0.717, 1.165) is 5.56 Å². The molecule has 0 saturated heterocycles. The highest BCUT2D eigenvalue weighted by molar-refractivity contribution is 5.98. The van der Waals surface area contributed by atoms with Crippen LogP contribution in [-0.2, 0) is 0 Å². The first kappa shape index (κ1) is 12.9. The molecule has 0 radical (unpaired) electrons. The van der Waals surface area contributed by atoms with E-state index in [-0.39, 0.29) is 18.2 Å². The minimum atomic E-state index is -0.0973. The molecule has 1 heterocycles. The average molecular weight is 250 g/mol. The van der Waals surface area contributed by atoms with Gasteiger partial charge in [0.05, 0.1) is 5.69 Å². The highest BCUT2D eigenvalue weighted by atomic mass is 35.5. The molecule has 0 saturated carbocycles. The number of anilines is 1. The Morgan fingerprint density at radius 3 is 2.24 bits per heavy atom. The summed E-state index contributed by atoms with van der Waals surface area (Å²) in [6, 6.07) is 7.19. The van der Waals surface area contributed by atoms with Gasteiger partial charge in [-0.2, -0.15) is 0 Å². The predicted molar refractivity (Wildman–Crippen MR) is 70.1 cm³/mol. The highest BCUT2D eigenvalue weighted by Crippen LogP contribution is 2.20. The van der Waals surface area contributed by atoms with Crippen LogP contribution >= 0.6 is 12.4 Å². The molecule has 0 amide bonds. The Kier molecular flexibility index (Phi) is 4.01. The second-order valence-electron chi connectivity index (χ2n) is 3.29. The van der Waals surface area contributed by atoms with Crippen molar-refractivity contribution in [1.82, 2.24) is 9.97 Å². The van der Waals surface area contributed by atoms with Crippen molar-refractivity contribution in [2.24, 2.45) is 5.73 Å². The van der Waals surface area contributed by atoms with Crippen LogP contribution < -0.4 is 11.5 Å². The summed E-state index contributed by atoms with van der Waals surface area (Å²) in [5, 5.41) is 7.42. The number of nitrogens with one attached hydrogen (secondary N) is 1. The van der Waals surface area contributed by atoms with Crippen LogP contribution in [0.3, 0.4) is 0 Å². The number of aromatic nitrogens is 2. The van der Waals surface area contributed by atoms with E-state index in [1.807, 2.05) is 12.1 Å². The van der Waals surface area contributed by atoms with E-state index in [1.54, 1.807) is 18.3 Å². The van der Waals surface area contributed by atoms with Crippen molar-refractivity contribution >= 4 is 23.9 Å². The molecule has 0 spiro atoms. The van der Waals surface area contributed by atoms with Crippen LogP contribution in [0.5, 0.6) is 0 Å². The fourth-order valence-electron chi connectivity index (χ4n) is 1.39. The third-order valence-electron chi connectivity index (χ3n) is 2.14. The predicted octanol–water partition coefficient (Wildman–Crippen LogP) is 1.43. The molecule has 6 heteroatoms. The van der Waals surface area contributed by atoms with Crippen molar-refractivity contribution in [3.8, 4) is 11.3 Å². The first-order valence-electron chi connectivity index (χ1n) is 4.70. The summed E-state index contributed by atoms with van der Waals surface area (Å²) in [5.74, 6) is -0.0973. The zero-order valence-electron chi connectivity index (χ0n) is 8.92. The second-order valence-corrected chi connectivity index (χ2v) is 3.29. The summed E-state index contributed by atoms with van der Waals surface area (Å²) in [7, 11) is 0. The molecule has 5 nitrogen and oxygen atoms in total. The van der Waals surface area contributed by atoms with Crippen LogP contribution in [0.4, 0.5) is 5.69 Å². The molecule has 0 aliphatic carbocycles. The van der Waals surface area contributed by atoms with Crippen molar-refractivity contribution < 1.29 is 0 Å². The summed E-state index contributed by atoms with van der Waals surface area (Å²) in [6.07, 6.45) is 3.08. The maximum absolute atomic E-state index is 7.42. The van der Waals surface area contributed by atoms with Crippen LogP contribution in [0, 0.1) is 5.41 Å². The minimum Gasteiger partial charge on any atom is -0.399 e. The third-order valence-corrected chi connectivity index (χ3v) is 2.14. The van der Waals surface area contributed by atoms with Crippen LogP contribution in [0.1, 0.15) is 5.69 Å². The zero-order valence-corrected chi connectivity index (χ0v) is 9.74. The molecule has 17 heavy (non-hydrogen) atoms. The average Bonchev–Trinajstić information content (AvgIpc) is 2.30. The van der Waals surface area contributed by atoms with Crippen LogP contribution in [-0.4, -0.2) is 15.8 Å². The molecule has 5 N–H and O–H groups in total. The van der Waals surface area contributed by atoms with Gasteiger partial charge in [-0.1, -0.05) is 12.1 Å². The van der Waals surface area contributed by atoms with Gasteiger partial charge in [0.1, 0.15) is 11.5 Å². The number of halogens is 1. The molecule has 88 valence electrons. The van der Waals surface area contributed by atoms with Crippen LogP contribution in [0.2, 0.25) is 0 Å². The Balaban J connectivity index is 0.00000144. The monoisotopic (exact) mass is 249 g/mol. The van der Waals surface area contributed by atoms with Gasteiger partial charge in [0.2, 0.25) is 0 Å². The lowest BCUT2D eigenvalue weighted by Crippen LogP contribution is -2.15. The number of amidine groups is 1. The van der Waals surface area contributed by atoms with Gasteiger partial charge in [0.15, 0.2) is 0 Å². The van der Waals surface area contributed by atoms with Gasteiger partial charge < -0.3 is 11.5 Å². The van der Waals surface area contributed by atoms with Gasteiger partial charge in [-0.25, -0.2) is 4.98 Å². The van der Waals surface area contributed by atoms with Gasteiger partial charge in [-0.05, 0) is 12.1 Å². The molecule has 0 aliphatic heterocycles. The third kappa shape index (κ3) is 2.70. The number of hydrogen-bond donors (Lipinski definition) is 3. The summed E-state index contributed by atoms with van der Waals surface area (Å²) in [6.45, 7) is 0. The molecule has 0 aliphatic rings. The van der Waals surface area contributed by atoms with E-state index in [4.69, 9.17) is 16.9 Å². The topological polar surface area (TPSA) is 102 Å². The highest BCUT2D eigenvalue weighted by Gasteiger charge is 2.09. The largest absolute Gasteiger partial charge is 0.399 e. The Morgan fingerprint density at radius 1 is 1.06 bits per heavy atom. The Morgan fingerprint density at radius 2 is 1.65 bits per heavy atom. The van der Waals surface area contributed by atoms with E-state index >= 15 is 0 Å². The van der Waals surface area contributed by atoms with Gasteiger partial charge in [0.25, 0.3) is 0 Å². The number of rotatable bonds is 2.